The van der Waals surface area contributed by atoms with Crippen LogP contribution in [0.1, 0.15) is 44.2 Å². The number of amides is 1. The molecular weight excluding hydrogens is 266 g/mol. The van der Waals surface area contributed by atoms with Crippen molar-refractivity contribution in [1.82, 2.24) is 5.32 Å². The van der Waals surface area contributed by atoms with E-state index in [9.17, 15) is 9.59 Å². The highest BCUT2D eigenvalue weighted by molar-refractivity contribution is 5.90. The number of benzene rings is 1. The van der Waals surface area contributed by atoms with E-state index in [1.165, 1.54) is 25.0 Å². The van der Waals surface area contributed by atoms with Crippen molar-refractivity contribution in [2.24, 2.45) is 5.92 Å². The molecule has 0 aliphatic heterocycles. The standard InChI is InChI=1S/C17H21NO3/c1-16(2,15(20)21)18-14(19)13-10-17(13)9-5-7-11-6-3-4-8-12(11)17/h3-4,6,8,13H,5,7,9-10H2,1-2H3,(H,18,19)(H,20,21)/t13-,17+/m0/s1. The summed E-state index contributed by atoms with van der Waals surface area (Å²) in [5.74, 6) is -1.22. The van der Waals surface area contributed by atoms with Crippen LogP contribution in [-0.2, 0) is 21.4 Å². The molecule has 2 atom stereocenters. The zero-order valence-electron chi connectivity index (χ0n) is 12.5. The Bertz CT molecular complexity index is 608. The lowest BCUT2D eigenvalue weighted by molar-refractivity contribution is -0.146. The number of rotatable bonds is 3. The van der Waals surface area contributed by atoms with Gasteiger partial charge in [0.2, 0.25) is 5.91 Å². The molecule has 2 aliphatic rings. The molecule has 1 saturated carbocycles. The Balaban J connectivity index is 1.80. The fourth-order valence-electron chi connectivity index (χ4n) is 3.62. The summed E-state index contributed by atoms with van der Waals surface area (Å²) in [4.78, 5) is 23.6. The molecule has 1 fully saturated rings. The number of hydrogen-bond acceptors (Lipinski definition) is 2. The van der Waals surface area contributed by atoms with Gasteiger partial charge in [-0.3, -0.25) is 4.79 Å². The number of carboxylic acids is 1. The van der Waals surface area contributed by atoms with Crippen molar-refractivity contribution in [3.63, 3.8) is 0 Å². The first-order valence-electron chi connectivity index (χ1n) is 7.51. The second-order valence-electron chi connectivity index (χ2n) is 6.84. The highest BCUT2D eigenvalue weighted by Gasteiger charge is 2.60. The molecule has 0 bridgehead atoms. The van der Waals surface area contributed by atoms with Crippen LogP contribution in [0.15, 0.2) is 24.3 Å². The van der Waals surface area contributed by atoms with Gasteiger partial charge < -0.3 is 10.4 Å². The first-order valence-corrected chi connectivity index (χ1v) is 7.51. The number of carbonyl (C=O) groups is 2. The van der Waals surface area contributed by atoms with Crippen LogP contribution in [0.3, 0.4) is 0 Å². The normalized spacial score (nSPS) is 27.0. The Kier molecular flexibility index (Phi) is 3.08. The molecule has 3 rings (SSSR count). The van der Waals surface area contributed by atoms with Crippen molar-refractivity contribution in [1.29, 1.82) is 0 Å². The number of aliphatic carboxylic acids is 1. The number of nitrogens with one attached hydrogen (secondary N) is 1. The second-order valence-corrected chi connectivity index (χ2v) is 6.84. The highest BCUT2D eigenvalue weighted by Crippen LogP contribution is 2.60. The molecule has 112 valence electrons. The zero-order valence-corrected chi connectivity index (χ0v) is 12.5. The maximum absolute atomic E-state index is 12.4. The Morgan fingerprint density at radius 3 is 2.76 bits per heavy atom. The fourth-order valence-corrected chi connectivity index (χ4v) is 3.62. The van der Waals surface area contributed by atoms with Gasteiger partial charge in [0, 0.05) is 11.3 Å². The summed E-state index contributed by atoms with van der Waals surface area (Å²) in [5, 5.41) is 11.8. The van der Waals surface area contributed by atoms with E-state index in [4.69, 9.17) is 5.11 Å². The van der Waals surface area contributed by atoms with Gasteiger partial charge in [-0.1, -0.05) is 24.3 Å². The van der Waals surface area contributed by atoms with E-state index >= 15 is 0 Å². The van der Waals surface area contributed by atoms with Crippen molar-refractivity contribution < 1.29 is 14.7 Å². The quantitative estimate of drug-likeness (QED) is 0.896. The van der Waals surface area contributed by atoms with E-state index in [0.29, 0.717) is 0 Å². The van der Waals surface area contributed by atoms with Crippen molar-refractivity contribution >= 4 is 11.9 Å². The van der Waals surface area contributed by atoms with Crippen LogP contribution >= 0.6 is 0 Å². The van der Waals surface area contributed by atoms with Crippen LogP contribution in [0.25, 0.3) is 0 Å². The number of aryl methyl sites for hydroxylation is 1. The number of fused-ring (bicyclic) bond motifs is 2. The number of carbonyl (C=O) groups excluding carboxylic acids is 1. The van der Waals surface area contributed by atoms with Crippen LogP contribution in [0, 0.1) is 5.92 Å². The van der Waals surface area contributed by atoms with Gasteiger partial charge in [-0.05, 0) is 50.7 Å². The summed E-state index contributed by atoms with van der Waals surface area (Å²) >= 11 is 0. The third-order valence-electron chi connectivity index (χ3n) is 4.98. The van der Waals surface area contributed by atoms with Crippen molar-refractivity contribution in [2.75, 3.05) is 0 Å². The zero-order chi connectivity index (χ0) is 15.3. The molecule has 4 heteroatoms. The summed E-state index contributed by atoms with van der Waals surface area (Å²) < 4.78 is 0. The predicted molar refractivity (Wildman–Crippen MR) is 79.0 cm³/mol. The third-order valence-corrected chi connectivity index (χ3v) is 4.98. The summed E-state index contributed by atoms with van der Waals surface area (Å²) in [6.45, 7) is 3.05. The van der Waals surface area contributed by atoms with Crippen LogP contribution in [0.2, 0.25) is 0 Å². The molecule has 2 N–H and O–H groups in total. The molecule has 2 aliphatic carbocycles. The van der Waals surface area contributed by atoms with Gasteiger partial charge in [-0.15, -0.1) is 0 Å². The van der Waals surface area contributed by atoms with Gasteiger partial charge in [0.05, 0.1) is 0 Å². The third kappa shape index (κ3) is 2.23. The molecule has 0 saturated heterocycles. The predicted octanol–water partition coefficient (Wildman–Crippen LogP) is 2.26. The van der Waals surface area contributed by atoms with Gasteiger partial charge in [0.25, 0.3) is 0 Å². The Hall–Kier alpha value is -1.84. The smallest absolute Gasteiger partial charge is 0.328 e. The molecule has 4 nitrogen and oxygen atoms in total. The Morgan fingerprint density at radius 2 is 2.05 bits per heavy atom. The first kappa shape index (κ1) is 14.1. The van der Waals surface area contributed by atoms with Gasteiger partial charge in [-0.2, -0.15) is 0 Å². The number of carboxylic acid groups (broad SMARTS) is 1. The van der Waals surface area contributed by atoms with Crippen LogP contribution in [0.4, 0.5) is 0 Å². The SMILES string of the molecule is CC(C)(NC(=O)[C@@H]1C[C@@]12CCCc1ccccc12)C(=O)O. The maximum atomic E-state index is 12.4. The minimum atomic E-state index is -1.21. The van der Waals surface area contributed by atoms with Gasteiger partial charge in [0.15, 0.2) is 0 Å². The van der Waals surface area contributed by atoms with E-state index < -0.39 is 11.5 Å². The van der Waals surface area contributed by atoms with E-state index in [1.807, 2.05) is 12.1 Å². The average molecular weight is 287 g/mol. The summed E-state index contributed by atoms with van der Waals surface area (Å²) in [6, 6.07) is 8.35. The lowest BCUT2D eigenvalue weighted by Gasteiger charge is -2.27. The largest absolute Gasteiger partial charge is 0.480 e. The molecule has 0 heterocycles. The van der Waals surface area contributed by atoms with E-state index in [1.54, 1.807) is 0 Å². The van der Waals surface area contributed by atoms with Crippen molar-refractivity contribution in [3.8, 4) is 0 Å². The molecule has 0 radical (unpaired) electrons. The Labute approximate surface area is 124 Å². The molecule has 1 amide bonds. The monoisotopic (exact) mass is 287 g/mol. The summed E-state index contributed by atoms with van der Waals surface area (Å²) in [7, 11) is 0. The minimum Gasteiger partial charge on any atom is -0.480 e. The number of hydrogen-bond donors (Lipinski definition) is 2. The highest BCUT2D eigenvalue weighted by atomic mass is 16.4. The van der Waals surface area contributed by atoms with E-state index in [0.717, 1.165) is 25.7 Å². The van der Waals surface area contributed by atoms with Gasteiger partial charge in [-0.25, -0.2) is 4.79 Å². The topological polar surface area (TPSA) is 66.4 Å². The molecule has 1 aromatic carbocycles. The fraction of sp³-hybridized carbons (Fsp3) is 0.529. The second kappa shape index (κ2) is 4.58. The van der Waals surface area contributed by atoms with Crippen molar-refractivity contribution in [2.45, 2.75) is 50.5 Å². The van der Waals surface area contributed by atoms with Gasteiger partial charge >= 0.3 is 5.97 Å². The first-order chi connectivity index (χ1) is 9.87. The molecule has 0 aromatic heterocycles. The average Bonchev–Trinajstić information content (AvgIpc) is 3.14. The van der Waals surface area contributed by atoms with Crippen LogP contribution in [-0.4, -0.2) is 22.5 Å². The van der Waals surface area contributed by atoms with Gasteiger partial charge in [0.1, 0.15) is 5.54 Å². The van der Waals surface area contributed by atoms with E-state index in [2.05, 4.69) is 17.4 Å². The maximum Gasteiger partial charge on any atom is 0.328 e. The minimum absolute atomic E-state index is 0.0481. The van der Waals surface area contributed by atoms with Crippen LogP contribution < -0.4 is 5.32 Å². The molecular formula is C17H21NO3. The lowest BCUT2D eigenvalue weighted by atomic mass is 9.78. The molecule has 0 unspecified atom stereocenters. The van der Waals surface area contributed by atoms with E-state index in [-0.39, 0.29) is 17.2 Å². The molecule has 1 spiro atoms. The van der Waals surface area contributed by atoms with Crippen molar-refractivity contribution in [3.05, 3.63) is 35.4 Å². The molecule has 1 aromatic rings. The lowest BCUT2D eigenvalue weighted by Crippen LogP contribution is -2.50. The molecule has 21 heavy (non-hydrogen) atoms. The Morgan fingerprint density at radius 1 is 1.33 bits per heavy atom. The summed E-state index contributed by atoms with van der Waals surface area (Å²) in [6.07, 6.45) is 4.04. The summed E-state index contributed by atoms with van der Waals surface area (Å²) in [5.41, 5.74) is 1.38. The van der Waals surface area contributed by atoms with Crippen LogP contribution in [0.5, 0.6) is 0 Å².